The van der Waals surface area contributed by atoms with Crippen molar-refractivity contribution in [1.29, 1.82) is 0 Å². The van der Waals surface area contributed by atoms with E-state index < -0.39 is 5.82 Å². The molecule has 2 aromatic carbocycles. The van der Waals surface area contributed by atoms with Gasteiger partial charge in [-0.1, -0.05) is 24.3 Å². The summed E-state index contributed by atoms with van der Waals surface area (Å²) in [5, 5.41) is 5.70. The van der Waals surface area contributed by atoms with E-state index in [0.717, 1.165) is 5.56 Å². The molecule has 0 saturated heterocycles. The van der Waals surface area contributed by atoms with Crippen molar-refractivity contribution >= 4 is 23.1 Å². The number of nitrogens with zero attached hydrogens (tertiary/aromatic N) is 2. The van der Waals surface area contributed by atoms with Gasteiger partial charge in [-0.3, -0.25) is 4.79 Å². The summed E-state index contributed by atoms with van der Waals surface area (Å²) < 4.78 is 19.2. The third kappa shape index (κ3) is 3.73. The Morgan fingerprint density at radius 1 is 1.04 bits per heavy atom. The summed E-state index contributed by atoms with van der Waals surface area (Å²) in [7, 11) is 0. The largest absolute Gasteiger partial charge is 0.444 e. The predicted octanol–water partition coefficient (Wildman–Crippen LogP) is 4.87. The average molecular weight is 374 g/mol. The number of amides is 1. The molecule has 4 aromatic rings. The second kappa shape index (κ2) is 7.71. The molecule has 0 bridgehead atoms. The van der Waals surface area contributed by atoms with E-state index in [1.54, 1.807) is 54.7 Å². The Morgan fingerprint density at radius 3 is 2.75 bits per heavy atom. The van der Waals surface area contributed by atoms with Gasteiger partial charge in [0.1, 0.15) is 11.6 Å². The van der Waals surface area contributed by atoms with E-state index in [9.17, 15) is 9.18 Å². The van der Waals surface area contributed by atoms with Gasteiger partial charge in [-0.25, -0.2) is 14.4 Å². The number of aromatic nitrogens is 2. The Kier molecular flexibility index (Phi) is 4.79. The average Bonchev–Trinajstić information content (AvgIpc) is 3.25. The second-order valence-electron chi connectivity index (χ2n) is 5.91. The zero-order chi connectivity index (χ0) is 19.3. The van der Waals surface area contributed by atoms with Crippen LogP contribution in [0.1, 0.15) is 10.4 Å². The van der Waals surface area contributed by atoms with E-state index in [2.05, 4.69) is 20.6 Å². The topological polar surface area (TPSA) is 80.1 Å². The van der Waals surface area contributed by atoms with Gasteiger partial charge in [0.25, 0.3) is 5.91 Å². The summed E-state index contributed by atoms with van der Waals surface area (Å²) in [4.78, 5) is 20.9. The Bertz CT molecular complexity index is 1110. The van der Waals surface area contributed by atoms with Gasteiger partial charge in [0, 0.05) is 17.4 Å². The van der Waals surface area contributed by atoms with E-state index in [4.69, 9.17) is 4.42 Å². The monoisotopic (exact) mass is 374 g/mol. The number of para-hydroxylation sites is 1. The van der Waals surface area contributed by atoms with Gasteiger partial charge >= 0.3 is 0 Å². The summed E-state index contributed by atoms with van der Waals surface area (Å²) in [6, 6.07) is 16.7. The van der Waals surface area contributed by atoms with Gasteiger partial charge < -0.3 is 15.1 Å². The highest BCUT2D eigenvalue weighted by Crippen LogP contribution is 2.24. The SMILES string of the molecule is O=C(Nc1cccc(-c2cnco2)c1)c1cccnc1Nc1ccccc1F. The Hall–Kier alpha value is -4.00. The molecule has 0 saturated carbocycles. The van der Waals surface area contributed by atoms with Crippen molar-refractivity contribution in [1.82, 2.24) is 9.97 Å². The number of halogens is 1. The number of hydrogen-bond acceptors (Lipinski definition) is 5. The minimum Gasteiger partial charge on any atom is -0.444 e. The van der Waals surface area contributed by atoms with Gasteiger partial charge in [0.2, 0.25) is 0 Å². The van der Waals surface area contributed by atoms with Crippen molar-refractivity contribution in [2.45, 2.75) is 0 Å². The number of oxazole rings is 1. The van der Waals surface area contributed by atoms with Crippen LogP contribution < -0.4 is 10.6 Å². The first kappa shape index (κ1) is 17.4. The first-order valence-electron chi connectivity index (χ1n) is 8.47. The summed E-state index contributed by atoms with van der Waals surface area (Å²) in [6.07, 6.45) is 4.47. The van der Waals surface area contributed by atoms with Crippen molar-refractivity contribution in [3.63, 3.8) is 0 Å². The Labute approximate surface area is 160 Å². The highest BCUT2D eigenvalue weighted by molar-refractivity contribution is 6.08. The van der Waals surface area contributed by atoms with Gasteiger partial charge in [0.05, 0.1) is 17.4 Å². The fourth-order valence-corrected chi connectivity index (χ4v) is 2.69. The smallest absolute Gasteiger partial charge is 0.259 e. The highest BCUT2D eigenvalue weighted by atomic mass is 19.1. The van der Waals surface area contributed by atoms with E-state index in [0.29, 0.717) is 11.4 Å². The number of hydrogen-bond donors (Lipinski definition) is 2. The number of nitrogens with one attached hydrogen (secondary N) is 2. The quantitative estimate of drug-likeness (QED) is 0.521. The fourth-order valence-electron chi connectivity index (χ4n) is 2.69. The maximum Gasteiger partial charge on any atom is 0.259 e. The molecular weight excluding hydrogens is 359 g/mol. The van der Waals surface area contributed by atoms with Crippen molar-refractivity contribution in [3.05, 3.63) is 90.8 Å². The molecule has 0 radical (unpaired) electrons. The number of carbonyl (C=O) groups is 1. The van der Waals surface area contributed by atoms with Crippen molar-refractivity contribution in [2.75, 3.05) is 10.6 Å². The van der Waals surface area contributed by atoms with Crippen LogP contribution in [-0.2, 0) is 0 Å². The normalized spacial score (nSPS) is 10.5. The molecule has 2 heterocycles. The molecule has 4 rings (SSSR count). The summed E-state index contributed by atoms with van der Waals surface area (Å²) in [5.74, 6) is 0.0526. The van der Waals surface area contributed by atoms with E-state index in [1.807, 2.05) is 6.07 Å². The molecule has 0 fully saturated rings. The van der Waals surface area contributed by atoms with Crippen LogP contribution >= 0.6 is 0 Å². The van der Waals surface area contributed by atoms with Crippen molar-refractivity contribution in [3.8, 4) is 11.3 Å². The fraction of sp³-hybridized carbons (Fsp3) is 0. The molecule has 0 aliphatic heterocycles. The van der Waals surface area contributed by atoms with Gasteiger partial charge in [-0.15, -0.1) is 0 Å². The third-order valence-corrected chi connectivity index (χ3v) is 4.02. The number of pyridine rings is 1. The summed E-state index contributed by atoms with van der Waals surface area (Å²) in [6.45, 7) is 0. The van der Waals surface area contributed by atoms with Gasteiger partial charge in [-0.05, 0) is 36.4 Å². The molecule has 138 valence electrons. The molecule has 0 aliphatic rings. The first-order chi connectivity index (χ1) is 13.7. The lowest BCUT2D eigenvalue weighted by molar-refractivity contribution is 0.102. The van der Waals surface area contributed by atoms with Crippen LogP contribution in [0.4, 0.5) is 21.6 Å². The molecule has 0 aliphatic carbocycles. The van der Waals surface area contributed by atoms with Crippen LogP contribution in [0.25, 0.3) is 11.3 Å². The molecule has 7 heteroatoms. The van der Waals surface area contributed by atoms with E-state index in [-0.39, 0.29) is 23.0 Å². The number of rotatable bonds is 5. The minimum atomic E-state index is -0.431. The van der Waals surface area contributed by atoms with Crippen molar-refractivity contribution in [2.24, 2.45) is 0 Å². The first-order valence-corrected chi connectivity index (χ1v) is 8.47. The van der Waals surface area contributed by atoms with Crippen LogP contribution in [0.15, 0.2) is 83.9 Å². The molecule has 1 amide bonds. The van der Waals surface area contributed by atoms with Crippen LogP contribution in [0.3, 0.4) is 0 Å². The molecule has 0 atom stereocenters. The molecule has 2 aromatic heterocycles. The molecular formula is C21H15FN4O2. The number of carbonyl (C=O) groups excluding carboxylic acids is 1. The van der Waals surface area contributed by atoms with E-state index in [1.165, 1.54) is 18.7 Å². The highest BCUT2D eigenvalue weighted by Gasteiger charge is 2.14. The maximum atomic E-state index is 13.9. The third-order valence-electron chi connectivity index (χ3n) is 4.02. The molecule has 0 unspecified atom stereocenters. The lowest BCUT2D eigenvalue weighted by atomic mass is 10.1. The molecule has 28 heavy (non-hydrogen) atoms. The molecule has 6 nitrogen and oxygen atoms in total. The molecule has 0 spiro atoms. The van der Waals surface area contributed by atoms with Crippen LogP contribution in [0, 0.1) is 5.82 Å². The zero-order valence-corrected chi connectivity index (χ0v) is 14.6. The lowest BCUT2D eigenvalue weighted by Crippen LogP contribution is -2.14. The van der Waals surface area contributed by atoms with Crippen molar-refractivity contribution < 1.29 is 13.6 Å². The van der Waals surface area contributed by atoms with Crippen LogP contribution in [0.2, 0.25) is 0 Å². The number of anilines is 3. The van der Waals surface area contributed by atoms with Gasteiger partial charge in [-0.2, -0.15) is 0 Å². The zero-order valence-electron chi connectivity index (χ0n) is 14.6. The Morgan fingerprint density at radius 2 is 1.93 bits per heavy atom. The number of benzene rings is 2. The summed E-state index contributed by atoms with van der Waals surface area (Å²) >= 11 is 0. The standard InChI is InChI=1S/C21H15FN4O2/c22-17-8-1-2-9-18(17)26-20-16(7-4-10-24-20)21(27)25-15-6-3-5-14(11-15)19-12-23-13-28-19/h1-13H,(H,24,26)(H,25,27). The van der Waals surface area contributed by atoms with Gasteiger partial charge in [0.15, 0.2) is 12.2 Å². The van der Waals surface area contributed by atoms with Crippen LogP contribution in [0.5, 0.6) is 0 Å². The second-order valence-corrected chi connectivity index (χ2v) is 5.91. The predicted molar refractivity (Wildman–Crippen MR) is 104 cm³/mol. The Balaban J connectivity index is 1.58. The maximum absolute atomic E-state index is 13.9. The summed E-state index contributed by atoms with van der Waals surface area (Å²) in [5.41, 5.74) is 1.89. The lowest BCUT2D eigenvalue weighted by Gasteiger charge is -2.12. The molecule has 2 N–H and O–H groups in total. The van der Waals surface area contributed by atoms with Crippen LogP contribution in [-0.4, -0.2) is 15.9 Å². The van der Waals surface area contributed by atoms with E-state index >= 15 is 0 Å². The minimum absolute atomic E-state index is 0.238.